The van der Waals surface area contributed by atoms with Crippen molar-refractivity contribution in [3.63, 3.8) is 0 Å². The SMILES string of the molecule is CCc1nc(C(=O)NC(CC)CC)n[nH]1. The molecule has 0 aliphatic carbocycles. The quantitative estimate of drug-likeness (QED) is 0.769. The summed E-state index contributed by atoms with van der Waals surface area (Å²) in [7, 11) is 0. The molecule has 0 saturated carbocycles. The van der Waals surface area contributed by atoms with Gasteiger partial charge in [-0.2, -0.15) is 0 Å². The summed E-state index contributed by atoms with van der Waals surface area (Å²) in [6, 6.07) is 0.209. The Hall–Kier alpha value is -1.39. The Kier molecular flexibility index (Phi) is 4.27. The maximum Gasteiger partial charge on any atom is 0.291 e. The molecule has 0 unspecified atom stereocenters. The minimum absolute atomic E-state index is 0.195. The molecule has 0 bridgehead atoms. The zero-order valence-electron chi connectivity index (χ0n) is 9.50. The predicted molar refractivity (Wildman–Crippen MR) is 57.6 cm³/mol. The summed E-state index contributed by atoms with van der Waals surface area (Å²) in [5, 5.41) is 9.47. The van der Waals surface area contributed by atoms with Gasteiger partial charge in [0, 0.05) is 12.5 Å². The fourth-order valence-corrected chi connectivity index (χ4v) is 1.30. The Morgan fingerprint density at radius 3 is 2.53 bits per heavy atom. The van der Waals surface area contributed by atoms with E-state index in [1.54, 1.807) is 0 Å². The Bertz CT molecular complexity index is 317. The number of hydrogen-bond donors (Lipinski definition) is 2. The first-order valence-electron chi connectivity index (χ1n) is 5.43. The number of hydrogen-bond acceptors (Lipinski definition) is 3. The first-order valence-corrected chi connectivity index (χ1v) is 5.43. The Morgan fingerprint density at radius 1 is 1.40 bits per heavy atom. The van der Waals surface area contributed by atoms with Crippen LogP contribution in [0.5, 0.6) is 0 Å². The van der Waals surface area contributed by atoms with Gasteiger partial charge in [-0.05, 0) is 12.8 Å². The number of carbonyl (C=O) groups is 1. The monoisotopic (exact) mass is 210 g/mol. The van der Waals surface area contributed by atoms with Gasteiger partial charge in [0.25, 0.3) is 5.91 Å². The van der Waals surface area contributed by atoms with Crippen molar-refractivity contribution in [2.45, 2.75) is 46.1 Å². The lowest BCUT2D eigenvalue weighted by atomic mass is 10.2. The molecule has 1 rings (SSSR count). The van der Waals surface area contributed by atoms with Gasteiger partial charge in [0.05, 0.1) is 0 Å². The van der Waals surface area contributed by atoms with E-state index in [4.69, 9.17) is 0 Å². The zero-order chi connectivity index (χ0) is 11.3. The number of aromatic nitrogens is 3. The van der Waals surface area contributed by atoms with Crippen molar-refractivity contribution >= 4 is 5.91 Å². The highest BCUT2D eigenvalue weighted by Crippen LogP contribution is 1.99. The van der Waals surface area contributed by atoms with E-state index in [0.29, 0.717) is 0 Å². The van der Waals surface area contributed by atoms with Crippen LogP contribution >= 0.6 is 0 Å². The van der Waals surface area contributed by atoms with E-state index in [0.717, 1.165) is 25.1 Å². The Morgan fingerprint density at radius 2 is 2.07 bits per heavy atom. The highest BCUT2D eigenvalue weighted by molar-refractivity contribution is 5.90. The molecule has 0 spiro atoms. The van der Waals surface area contributed by atoms with Gasteiger partial charge in [-0.15, -0.1) is 5.10 Å². The van der Waals surface area contributed by atoms with Crippen molar-refractivity contribution in [1.29, 1.82) is 0 Å². The van der Waals surface area contributed by atoms with Crippen LogP contribution in [0.15, 0.2) is 0 Å². The summed E-state index contributed by atoms with van der Waals surface area (Å²) in [6.07, 6.45) is 2.60. The highest BCUT2D eigenvalue weighted by Gasteiger charge is 2.14. The molecule has 0 aliphatic heterocycles. The minimum Gasteiger partial charge on any atom is -0.347 e. The lowest BCUT2D eigenvalue weighted by molar-refractivity contribution is 0.0924. The summed E-state index contributed by atoms with van der Waals surface area (Å²) >= 11 is 0. The molecule has 0 aliphatic rings. The van der Waals surface area contributed by atoms with Crippen LogP contribution in [0.2, 0.25) is 0 Å². The molecule has 0 fully saturated rings. The number of nitrogens with one attached hydrogen (secondary N) is 2. The molecule has 0 saturated heterocycles. The number of nitrogens with zero attached hydrogens (tertiary/aromatic N) is 2. The van der Waals surface area contributed by atoms with Crippen molar-refractivity contribution in [3.05, 3.63) is 11.6 Å². The van der Waals surface area contributed by atoms with Crippen LogP contribution in [-0.4, -0.2) is 27.1 Å². The van der Waals surface area contributed by atoms with Crippen LogP contribution in [0.4, 0.5) is 0 Å². The topological polar surface area (TPSA) is 70.7 Å². The first kappa shape index (κ1) is 11.7. The lowest BCUT2D eigenvalue weighted by Gasteiger charge is -2.12. The average molecular weight is 210 g/mol. The molecule has 0 radical (unpaired) electrons. The second kappa shape index (κ2) is 5.48. The normalized spacial score (nSPS) is 10.7. The van der Waals surface area contributed by atoms with E-state index in [9.17, 15) is 4.79 Å². The summed E-state index contributed by atoms with van der Waals surface area (Å²) in [4.78, 5) is 15.7. The van der Waals surface area contributed by atoms with Crippen LogP contribution < -0.4 is 5.32 Å². The van der Waals surface area contributed by atoms with E-state index in [2.05, 4.69) is 20.5 Å². The van der Waals surface area contributed by atoms with Crippen molar-refractivity contribution in [2.24, 2.45) is 0 Å². The highest BCUT2D eigenvalue weighted by atomic mass is 16.2. The van der Waals surface area contributed by atoms with Crippen molar-refractivity contribution < 1.29 is 4.79 Å². The molecule has 15 heavy (non-hydrogen) atoms. The molecule has 1 heterocycles. The lowest BCUT2D eigenvalue weighted by Crippen LogP contribution is -2.34. The van der Waals surface area contributed by atoms with E-state index in [-0.39, 0.29) is 17.8 Å². The molecule has 1 aromatic rings. The molecule has 1 aromatic heterocycles. The van der Waals surface area contributed by atoms with Crippen LogP contribution in [0.3, 0.4) is 0 Å². The van der Waals surface area contributed by atoms with Crippen molar-refractivity contribution in [3.8, 4) is 0 Å². The molecule has 84 valence electrons. The molecular weight excluding hydrogens is 192 g/mol. The summed E-state index contributed by atoms with van der Waals surface area (Å²) in [5.41, 5.74) is 0. The summed E-state index contributed by atoms with van der Waals surface area (Å²) < 4.78 is 0. The van der Waals surface area contributed by atoms with Gasteiger partial charge < -0.3 is 5.32 Å². The largest absolute Gasteiger partial charge is 0.347 e. The molecule has 2 N–H and O–H groups in total. The van der Waals surface area contributed by atoms with Crippen molar-refractivity contribution in [2.75, 3.05) is 0 Å². The van der Waals surface area contributed by atoms with E-state index < -0.39 is 0 Å². The maximum atomic E-state index is 11.6. The standard InChI is InChI=1S/C10H18N4O/c1-4-7(5-2)11-10(15)9-12-8(6-3)13-14-9/h7H,4-6H2,1-3H3,(H,11,15)(H,12,13,14). The molecule has 0 atom stereocenters. The molecule has 5 nitrogen and oxygen atoms in total. The average Bonchev–Trinajstić information content (AvgIpc) is 2.74. The van der Waals surface area contributed by atoms with Crippen LogP contribution in [0, 0.1) is 0 Å². The third kappa shape index (κ3) is 3.04. The molecular formula is C10H18N4O. The van der Waals surface area contributed by atoms with E-state index >= 15 is 0 Å². The summed E-state index contributed by atoms with van der Waals surface area (Å²) in [6.45, 7) is 6.05. The van der Waals surface area contributed by atoms with E-state index in [1.807, 2.05) is 20.8 Å². The van der Waals surface area contributed by atoms with Gasteiger partial charge in [-0.1, -0.05) is 20.8 Å². The van der Waals surface area contributed by atoms with Gasteiger partial charge in [0.1, 0.15) is 5.82 Å². The minimum atomic E-state index is -0.195. The Labute approximate surface area is 89.7 Å². The van der Waals surface area contributed by atoms with Crippen LogP contribution in [0.1, 0.15) is 50.1 Å². The summed E-state index contributed by atoms with van der Waals surface area (Å²) in [5.74, 6) is 0.781. The van der Waals surface area contributed by atoms with E-state index in [1.165, 1.54) is 0 Å². The fraction of sp³-hybridized carbons (Fsp3) is 0.700. The molecule has 5 heteroatoms. The first-order chi connectivity index (χ1) is 7.21. The van der Waals surface area contributed by atoms with Crippen molar-refractivity contribution in [1.82, 2.24) is 20.5 Å². The zero-order valence-corrected chi connectivity index (χ0v) is 9.50. The maximum absolute atomic E-state index is 11.6. The number of H-pyrrole nitrogens is 1. The fourth-order valence-electron chi connectivity index (χ4n) is 1.30. The third-order valence-electron chi connectivity index (χ3n) is 2.39. The third-order valence-corrected chi connectivity index (χ3v) is 2.39. The number of carbonyl (C=O) groups excluding carboxylic acids is 1. The van der Waals surface area contributed by atoms with Crippen LogP contribution in [-0.2, 0) is 6.42 Å². The molecule has 1 amide bonds. The van der Waals surface area contributed by atoms with Gasteiger partial charge in [-0.3, -0.25) is 9.89 Å². The smallest absolute Gasteiger partial charge is 0.291 e. The van der Waals surface area contributed by atoms with Gasteiger partial charge >= 0.3 is 0 Å². The second-order valence-electron chi connectivity index (χ2n) is 3.45. The number of aromatic amines is 1. The van der Waals surface area contributed by atoms with Gasteiger partial charge in [0.2, 0.25) is 5.82 Å². The second-order valence-corrected chi connectivity index (χ2v) is 3.45. The predicted octanol–water partition coefficient (Wildman–Crippen LogP) is 1.29. The van der Waals surface area contributed by atoms with Gasteiger partial charge in [0.15, 0.2) is 0 Å². The number of aryl methyl sites for hydroxylation is 1. The number of rotatable bonds is 5. The van der Waals surface area contributed by atoms with Crippen LogP contribution in [0.25, 0.3) is 0 Å². The number of amides is 1. The molecule has 0 aromatic carbocycles. The van der Waals surface area contributed by atoms with Gasteiger partial charge in [-0.25, -0.2) is 4.98 Å². The Balaban J connectivity index is 2.60.